The van der Waals surface area contributed by atoms with E-state index in [4.69, 9.17) is 0 Å². The van der Waals surface area contributed by atoms with Gasteiger partial charge >= 0.3 is 5.97 Å². The smallest absolute Gasteiger partial charge is 0.311 e. The largest absolute Gasteiger partial charge is 0.481 e. The second-order valence-corrected chi connectivity index (χ2v) is 6.80. The second kappa shape index (κ2) is 6.59. The number of amides is 1. The molecule has 0 aliphatic heterocycles. The van der Waals surface area contributed by atoms with Crippen molar-refractivity contribution in [1.82, 2.24) is 5.32 Å². The van der Waals surface area contributed by atoms with Crippen molar-refractivity contribution < 1.29 is 14.7 Å². The van der Waals surface area contributed by atoms with E-state index in [1.807, 2.05) is 0 Å². The third kappa shape index (κ3) is 3.53. The molecule has 2 aliphatic rings. The van der Waals surface area contributed by atoms with Crippen molar-refractivity contribution >= 4 is 11.9 Å². The molecule has 2 unspecified atom stereocenters. The highest BCUT2D eigenvalue weighted by atomic mass is 16.4. The van der Waals surface area contributed by atoms with Crippen LogP contribution in [0.15, 0.2) is 0 Å². The van der Waals surface area contributed by atoms with E-state index in [0.717, 1.165) is 25.7 Å². The Hall–Kier alpha value is -1.06. The number of nitrogens with one attached hydrogen (secondary N) is 1. The first-order valence-electron chi connectivity index (χ1n) is 8.05. The summed E-state index contributed by atoms with van der Waals surface area (Å²) >= 11 is 0. The van der Waals surface area contributed by atoms with Crippen molar-refractivity contribution in [3.05, 3.63) is 0 Å². The van der Waals surface area contributed by atoms with Gasteiger partial charge in [-0.25, -0.2) is 0 Å². The Morgan fingerprint density at radius 1 is 1.10 bits per heavy atom. The molecule has 0 bridgehead atoms. The maximum atomic E-state index is 12.2. The molecule has 114 valence electrons. The SMILES string of the molecule is CC1(C(=O)O)CCCC1NC(=O)CC1CCCCCC1. The molecule has 4 heteroatoms. The lowest BCUT2D eigenvalue weighted by Crippen LogP contribution is -2.47. The Kier molecular flexibility index (Phi) is 5.06. The molecule has 4 nitrogen and oxygen atoms in total. The molecule has 2 fully saturated rings. The Morgan fingerprint density at radius 3 is 2.35 bits per heavy atom. The summed E-state index contributed by atoms with van der Waals surface area (Å²) in [6, 6.07) is -0.196. The Labute approximate surface area is 121 Å². The normalized spacial score (nSPS) is 31.8. The van der Waals surface area contributed by atoms with Crippen LogP contribution < -0.4 is 5.32 Å². The minimum absolute atomic E-state index is 0.0521. The van der Waals surface area contributed by atoms with Crippen molar-refractivity contribution in [3.63, 3.8) is 0 Å². The van der Waals surface area contributed by atoms with Gasteiger partial charge in [-0.3, -0.25) is 9.59 Å². The maximum absolute atomic E-state index is 12.2. The van der Waals surface area contributed by atoms with Gasteiger partial charge in [0.1, 0.15) is 0 Å². The topological polar surface area (TPSA) is 66.4 Å². The second-order valence-electron chi connectivity index (χ2n) is 6.80. The van der Waals surface area contributed by atoms with Gasteiger partial charge in [0.25, 0.3) is 0 Å². The van der Waals surface area contributed by atoms with E-state index < -0.39 is 11.4 Å². The molecular formula is C16H27NO3. The number of carboxylic acids is 1. The van der Waals surface area contributed by atoms with Crippen molar-refractivity contribution in [2.45, 2.75) is 77.2 Å². The fourth-order valence-electron chi connectivity index (χ4n) is 3.74. The number of aliphatic carboxylic acids is 1. The fourth-order valence-corrected chi connectivity index (χ4v) is 3.74. The van der Waals surface area contributed by atoms with Crippen LogP contribution in [-0.4, -0.2) is 23.0 Å². The fraction of sp³-hybridized carbons (Fsp3) is 0.875. The van der Waals surface area contributed by atoms with Crippen molar-refractivity contribution in [1.29, 1.82) is 0 Å². The zero-order valence-electron chi connectivity index (χ0n) is 12.5. The molecule has 0 radical (unpaired) electrons. The average molecular weight is 281 g/mol. The lowest BCUT2D eigenvalue weighted by atomic mass is 9.84. The molecule has 0 aromatic rings. The maximum Gasteiger partial charge on any atom is 0.311 e. The van der Waals surface area contributed by atoms with E-state index in [1.54, 1.807) is 6.92 Å². The van der Waals surface area contributed by atoms with Crippen LogP contribution in [-0.2, 0) is 9.59 Å². The minimum atomic E-state index is -0.783. The highest BCUT2D eigenvalue weighted by Gasteiger charge is 2.45. The summed E-state index contributed by atoms with van der Waals surface area (Å²) in [5.74, 6) is -0.235. The van der Waals surface area contributed by atoms with Crippen LogP contribution in [0.4, 0.5) is 0 Å². The number of carboxylic acid groups (broad SMARTS) is 1. The van der Waals surface area contributed by atoms with Crippen LogP contribution in [0.3, 0.4) is 0 Å². The summed E-state index contributed by atoms with van der Waals surface area (Å²) in [7, 11) is 0. The number of hydrogen-bond acceptors (Lipinski definition) is 2. The highest BCUT2D eigenvalue weighted by molar-refractivity contribution is 5.80. The first-order valence-corrected chi connectivity index (χ1v) is 8.05. The third-order valence-electron chi connectivity index (χ3n) is 5.23. The van der Waals surface area contributed by atoms with Gasteiger partial charge in [-0.1, -0.05) is 32.1 Å². The van der Waals surface area contributed by atoms with E-state index in [2.05, 4.69) is 5.32 Å². The summed E-state index contributed by atoms with van der Waals surface area (Å²) in [5, 5.41) is 12.4. The summed E-state index contributed by atoms with van der Waals surface area (Å²) in [4.78, 5) is 23.6. The summed E-state index contributed by atoms with van der Waals surface area (Å²) in [6.07, 6.45) is 10.2. The molecular weight excluding hydrogens is 254 g/mol. The van der Waals surface area contributed by atoms with Gasteiger partial charge in [0.15, 0.2) is 0 Å². The van der Waals surface area contributed by atoms with Crippen LogP contribution >= 0.6 is 0 Å². The van der Waals surface area contributed by atoms with Gasteiger partial charge in [-0.2, -0.15) is 0 Å². The van der Waals surface area contributed by atoms with E-state index in [9.17, 15) is 14.7 Å². The lowest BCUT2D eigenvalue weighted by molar-refractivity contribution is -0.149. The molecule has 0 aromatic carbocycles. The number of rotatable bonds is 4. The summed E-state index contributed by atoms with van der Waals surface area (Å²) in [5.41, 5.74) is -0.779. The Balaban J connectivity index is 1.86. The van der Waals surface area contributed by atoms with Crippen molar-refractivity contribution in [2.24, 2.45) is 11.3 Å². The molecule has 1 amide bonds. The highest BCUT2D eigenvalue weighted by Crippen LogP contribution is 2.38. The van der Waals surface area contributed by atoms with E-state index in [-0.39, 0.29) is 11.9 Å². The molecule has 0 heterocycles. The quantitative estimate of drug-likeness (QED) is 0.778. The summed E-state index contributed by atoms with van der Waals surface area (Å²) < 4.78 is 0. The van der Waals surface area contributed by atoms with Crippen molar-refractivity contribution in [2.75, 3.05) is 0 Å². The Morgan fingerprint density at radius 2 is 1.75 bits per heavy atom. The molecule has 2 N–H and O–H groups in total. The predicted octanol–water partition coefficient (Wildman–Crippen LogP) is 3.11. The zero-order chi connectivity index (χ0) is 14.6. The van der Waals surface area contributed by atoms with Gasteiger partial charge in [0.2, 0.25) is 5.91 Å². The van der Waals surface area contributed by atoms with Crippen LogP contribution in [0.1, 0.15) is 71.1 Å². The first-order chi connectivity index (χ1) is 9.52. The van der Waals surface area contributed by atoms with Gasteiger partial charge in [-0.05, 0) is 38.5 Å². The lowest BCUT2D eigenvalue weighted by Gasteiger charge is -2.28. The molecule has 20 heavy (non-hydrogen) atoms. The van der Waals surface area contributed by atoms with Gasteiger partial charge in [0.05, 0.1) is 5.41 Å². The number of carbonyl (C=O) groups is 2. The summed E-state index contributed by atoms with van der Waals surface area (Å²) in [6.45, 7) is 1.76. The molecule has 2 atom stereocenters. The standard InChI is InChI=1S/C16H27NO3/c1-16(15(19)20)10-6-9-13(16)17-14(18)11-12-7-4-2-3-5-8-12/h12-13H,2-11H2,1H3,(H,17,18)(H,19,20). The Bertz CT molecular complexity index is 361. The minimum Gasteiger partial charge on any atom is -0.481 e. The molecule has 0 spiro atoms. The van der Waals surface area contributed by atoms with Gasteiger partial charge < -0.3 is 10.4 Å². The van der Waals surface area contributed by atoms with Crippen LogP contribution in [0.5, 0.6) is 0 Å². The zero-order valence-corrected chi connectivity index (χ0v) is 12.5. The molecule has 2 aliphatic carbocycles. The average Bonchev–Trinajstić information content (AvgIpc) is 2.62. The van der Waals surface area contributed by atoms with Crippen molar-refractivity contribution in [3.8, 4) is 0 Å². The van der Waals surface area contributed by atoms with Crippen LogP contribution in [0.25, 0.3) is 0 Å². The van der Waals surface area contributed by atoms with E-state index in [0.29, 0.717) is 18.8 Å². The van der Waals surface area contributed by atoms with Crippen LogP contribution in [0.2, 0.25) is 0 Å². The molecule has 0 saturated heterocycles. The third-order valence-corrected chi connectivity index (χ3v) is 5.23. The number of carbonyl (C=O) groups excluding carboxylic acids is 1. The van der Waals surface area contributed by atoms with E-state index >= 15 is 0 Å². The monoisotopic (exact) mass is 281 g/mol. The van der Waals surface area contributed by atoms with Gasteiger partial charge in [-0.15, -0.1) is 0 Å². The molecule has 2 rings (SSSR count). The predicted molar refractivity (Wildman–Crippen MR) is 77.3 cm³/mol. The van der Waals surface area contributed by atoms with Crippen LogP contribution in [0, 0.1) is 11.3 Å². The first kappa shape index (κ1) is 15.3. The molecule has 2 saturated carbocycles. The van der Waals surface area contributed by atoms with Gasteiger partial charge in [0, 0.05) is 12.5 Å². The van der Waals surface area contributed by atoms with E-state index in [1.165, 1.54) is 25.7 Å². The number of hydrogen-bond donors (Lipinski definition) is 2. The molecule has 0 aromatic heterocycles.